The van der Waals surface area contributed by atoms with Crippen LogP contribution in [-0.2, 0) is 6.54 Å². The Labute approximate surface area is 174 Å². The molecule has 0 atom stereocenters. The molecule has 5 heteroatoms. The molecule has 1 aliphatic rings. The summed E-state index contributed by atoms with van der Waals surface area (Å²) in [5.74, 6) is 2.46. The third-order valence-electron chi connectivity index (χ3n) is 5.04. The number of halogens is 1. The van der Waals surface area contributed by atoms with Crippen LogP contribution in [0.1, 0.15) is 5.56 Å². The summed E-state index contributed by atoms with van der Waals surface area (Å²) in [5.41, 5.74) is 4.30. The first-order valence-corrected chi connectivity index (χ1v) is 9.98. The number of benzene rings is 3. The fourth-order valence-corrected chi connectivity index (χ4v) is 3.80. The highest BCUT2D eigenvalue weighted by molar-refractivity contribution is 6.31. The second-order valence-corrected chi connectivity index (χ2v) is 7.36. The van der Waals surface area contributed by atoms with Crippen LogP contribution >= 0.6 is 11.6 Å². The summed E-state index contributed by atoms with van der Waals surface area (Å²) in [6.07, 6.45) is 0. The van der Waals surface area contributed by atoms with Gasteiger partial charge in [0.05, 0.1) is 0 Å². The van der Waals surface area contributed by atoms with Gasteiger partial charge in [-0.2, -0.15) is 0 Å². The van der Waals surface area contributed by atoms with Gasteiger partial charge in [-0.15, -0.1) is 0 Å². The minimum atomic E-state index is 0.564. The lowest BCUT2D eigenvalue weighted by Gasteiger charge is -2.19. The van der Waals surface area contributed by atoms with Crippen LogP contribution in [0.15, 0.2) is 72.8 Å². The third kappa shape index (κ3) is 3.59. The Balaban J connectivity index is 1.60. The van der Waals surface area contributed by atoms with Gasteiger partial charge in [-0.05, 0) is 17.7 Å². The molecule has 0 radical (unpaired) electrons. The molecule has 0 bridgehead atoms. The number of nitrogens with one attached hydrogen (secondary N) is 2. The van der Waals surface area contributed by atoms with Crippen molar-refractivity contribution in [3.05, 3.63) is 83.4 Å². The van der Waals surface area contributed by atoms with Crippen LogP contribution in [0.5, 0.6) is 11.5 Å². The van der Waals surface area contributed by atoms with E-state index in [4.69, 9.17) is 21.1 Å². The van der Waals surface area contributed by atoms with Crippen LogP contribution in [0.2, 0.25) is 5.02 Å². The number of anilines is 1. The highest BCUT2D eigenvalue weighted by Crippen LogP contribution is 2.37. The number of rotatable bonds is 4. The molecule has 4 nitrogen and oxygen atoms in total. The van der Waals surface area contributed by atoms with E-state index in [1.54, 1.807) is 0 Å². The topological polar surface area (TPSA) is 44.6 Å². The maximum absolute atomic E-state index is 6.31. The molecule has 4 aromatic rings. The standard InChI is InChI=1S/C24H19ClN2O2/c25-20-9-5-4-8-17(20)15-26-24-13-18(16-6-2-1-3-7-16)19-12-22-23(14-21(19)27-24)29-11-10-28-22/h1-9,12-14H,10-11,15H2,(H,26,27)/p+1. The molecule has 5 rings (SSSR count). The molecule has 29 heavy (non-hydrogen) atoms. The van der Waals surface area contributed by atoms with Crippen molar-refractivity contribution in [1.29, 1.82) is 0 Å². The Morgan fingerprint density at radius 1 is 0.862 bits per heavy atom. The van der Waals surface area contributed by atoms with Gasteiger partial charge in [0.2, 0.25) is 0 Å². The smallest absolute Gasteiger partial charge is 0.273 e. The summed E-state index contributed by atoms with van der Waals surface area (Å²) in [7, 11) is 0. The van der Waals surface area contributed by atoms with E-state index in [0.717, 1.165) is 49.9 Å². The summed E-state index contributed by atoms with van der Waals surface area (Å²) < 4.78 is 11.6. The molecule has 0 spiro atoms. The lowest BCUT2D eigenvalue weighted by Crippen LogP contribution is -2.18. The monoisotopic (exact) mass is 403 g/mol. The zero-order valence-electron chi connectivity index (χ0n) is 15.7. The zero-order chi connectivity index (χ0) is 19.6. The van der Waals surface area contributed by atoms with Crippen molar-refractivity contribution in [2.45, 2.75) is 6.54 Å². The van der Waals surface area contributed by atoms with E-state index in [0.29, 0.717) is 19.8 Å². The van der Waals surface area contributed by atoms with Crippen LogP contribution in [0.4, 0.5) is 5.82 Å². The molecule has 2 heterocycles. The Kier molecular flexibility index (Phi) is 4.70. The van der Waals surface area contributed by atoms with E-state index >= 15 is 0 Å². The Morgan fingerprint density at radius 3 is 2.38 bits per heavy atom. The van der Waals surface area contributed by atoms with Crippen molar-refractivity contribution in [2.75, 3.05) is 18.5 Å². The molecule has 144 valence electrons. The van der Waals surface area contributed by atoms with Crippen LogP contribution in [0, 0.1) is 0 Å². The van der Waals surface area contributed by atoms with Crippen molar-refractivity contribution < 1.29 is 14.5 Å². The van der Waals surface area contributed by atoms with Crippen LogP contribution < -0.4 is 19.8 Å². The molecule has 0 fully saturated rings. The molecule has 0 saturated heterocycles. The minimum absolute atomic E-state index is 0.564. The number of aromatic amines is 1. The summed E-state index contributed by atoms with van der Waals surface area (Å²) in [4.78, 5) is 3.49. The van der Waals surface area contributed by atoms with Gasteiger partial charge in [-0.3, -0.25) is 5.32 Å². The first kappa shape index (κ1) is 17.8. The molecule has 1 aliphatic heterocycles. The first-order valence-electron chi connectivity index (χ1n) is 9.60. The van der Waals surface area contributed by atoms with Crippen molar-refractivity contribution >= 4 is 28.3 Å². The molecule has 0 aliphatic carbocycles. The van der Waals surface area contributed by atoms with Gasteiger partial charge < -0.3 is 9.47 Å². The molecular formula is C24H20ClN2O2+. The Hall–Kier alpha value is -3.24. The second-order valence-electron chi connectivity index (χ2n) is 6.95. The SMILES string of the molecule is Clc1ccccc1CNc1cc(-c2ccccc2)c2cc3c(cc2[nH+]1)OCCO3. The summed E-state index contributed by atoms with van der Waals surface area (Å²) in [5, 5.41) is 5.31. The predicted molar refractivity (Wildman–Crippen MR) is 116 cm³/mol. The van der Waals surface area contributed by atoms with Crippen molar-refractivity contribution in [2.24, 2.45) is 0 Å². The number of hydrogen-bond donors (Lipinski definition) is 1. The van der Waals surface area contributed by atoms with Gasteiger partial charge in [0.1, 0.15) is 25.3 Å². The number of pyridine rings is 1. The van der Waals surface area contributed by atoms with Crippen molar-refractivity contribution in [3.63, 3.8) is 0 Å². The maximum atomic E-state index is 6.31. The van der Waals surface area contributed by atoms with Crippen LogP contribution in [0.25, 0.3) is 22.0 Å². The average Bonchev–Trinajstić information content (AvgIpc) is 2.77. The van der Waals surface area contributed by atoms with Crippen molar-refractivity contribution in [3.8, 4) is 22.6 Å². The molecule has 2 N–H and O–H groups in total. The van der Waals surface area contributed by atoms with Crippen LogP contribution in [0.3, 0.4) is 0 Å². The molecule has 0 saturated carbocycles. The molecule has 3 aromatic carbocycles. The number of fused-ring (bicyclic) bond motifs is 2. The van der Waals surface area contributed by atoms with E-state index < -0.39 is 0 Å². The number of H-pyrrole nitrogens is 1. The molecule has 0 unspecified atom stereocenters. The van der Waals surface area contributed by atoms with E-state index in [2.05, 4.69) is 34.6 Å². The van der Waals surface area contributed by atoms with Gasteiger partial charge in [0.15, 0.2) is 11.5 Å². The molecule has 0 amide bonds. The normalized spacial score (nSPS) is 12.7. The van der Waals surface area contributed by atoms with E-state index in [1.165, 1.54) is 0 Å². The Morgan fingerprint density at radius 2 is 1.59 bits per heavy atom. The number of aromatic nitrogens is 1. The maximum Gasteiger partial charge on any atom is 0.273 e. The highest BCUT2D eigenvalue weighted by Gasteiger charge is 2.19. The quantitative estimate of drug-likeness (QED) is 0.499. The summed E-state index contributed by atoms with van der Waals surface area (Å²) in [6.45, 7) is 1.76. The first-order chi connectivity index (χ1) is 14.3. The van der Waals surface area contributed by atoms with Gasteiger partial charge in [0, 0.05) is 33.7 Å². The van der Waals surface area contributed by atoms with E-state index in [1.807, 2.05) is 48.5 Å². The van der Waals surface area contributed by atoms with E-state index in [9.17, 15) is 0 Å². The summed E-state index contributed by atoms with van der Waals surface area (Å²) in [6, 6.07) is 24.4. The van der Waals surface area contributed by atoms with Crippen molar-refractivity contribution in [1.82, 2.24) is 0 Å². The summed E-state index contributed by atoms with van der Waals surface area (Å²) >= 11 is 6.31. The molecular weight excluding hydrogens is 384 g/mol. The second kappa shape index (κ2) is 7.64. The third-order valence-corrected chi connectivity index (χ3v) is 5.41. The van der Waals surface area contributed by atoms with Gasteiger partial charge in [0.25, 0.3) is 5.82 Å². The van der Waals surface area contributed by atoms with Gasteiger partial charge in [-0.1, -0.05) is 60.1 Å². The minimum Gasteiger partial charge on any atom is -0.486 e. The number of ether oxygens (including phenoxy) is 2. The van der Waals surface area contributed by atoms with Crippen LogP contribution in [-0.4, -0.2) is 13.2 Å². The lowest BCUT2D eigenvalue weighted by atomic mass is 10.0. The van der Waals surface area contributed by atoms with Gasteiger partial charge in [-0.25, -0.2) is 4.98 Å². The Bertz CT molecular complexity index is 1180. The largest absolute Gasteiger partial charge is 0.486 e. The number of hydrogen-bond acceptors (Lipinski definition) is 3. The fourth-order valence-electron chi connectivity index (χ4n) is 3.60. The molecule has 1 aromatic heterocycles. The van der Waals surface area contributed by atoms with E-state index in [-0.39, 0.29) is 0 Å². The van der Waals surface area contributed by atoms with Gasteiger partial charge >= 0.3 is 0 Å². The zero-order valence-corrected chi connectivity index (χ0v) is 16.5. The highest BCUT2D eigenvalue weighted by atomic mass is 35.5. The predicted octanol–water partition coefficient (Wildman–Crippen LogP) is 5.36. The lowest BCUT2D eigenvalue weighted by molar-refractivity contribution is -0.327. The fraction of sp³-hybridized carbons (Fsp3) is 0.125. The average molecular weight is 404 g/mol.